The minimum atomic E-state index is -0.287. The molecule has 1 N–H and O–H groups in total. The number of hydrogen-bond acceptors (Lipinski definition) is 5. The Hall–Kier alpha value is -2.97. The first-order valence-electron chi connectivity index (χ1n) is 11.7. The molecule has 0 bridgehead atoms. The van der Waals surface area contributed by atoms with Crippen LogP contribution in [0, 0.1) is 5.82 Å². The van der Waals surface area contributed by atoms with Crippen molar-refractivity contribution in [2.45, 2.75) is 38.8 Å². The van der Waals surface area contributed by atoms with Crippen LogP contribution in [-0.4, -0.2) is 48.0 Å². The standard InChI is InChI=1S/C26H31FN4O2S/c1-19-8-6-7-15-31(19)25-23(24(29-33-25)20-9-4-3-5-10-20)18-30(16-17-32-2)26(34)28-22-13-11-21(27)12-14-22/h3-5,9-14,19H,6-8,15-18H2,1-2H3,(H,28,34)/t19-/m1/s1. The number of piperidine rings is 1. The first-order valence-corrected chi connectivity index (χ1v) is 12.1. The number of hydrogen-bond donors (Lipinski definition) is 1. The van der Waals surface area contributed by atoms with E-state index in [1.807, 2.05) is 35.2 Å². The van der Waals surface area contributed by atoms with Gasteiger partial charge in [0.05, 0.1) is 18.7 Å². The molecule has 1 aliphatic rings. The Morgan fingerprint density at radius 3 is 2.68 bits per heavy atom. The van der Waals surface area contributed by atoms with Crippen LogP contribution in [0.5, 0.6) is 0 Å². The Morgan fingerprint density at radius 1 is 1.21 bits per heavy atom. The van der Waals surface area contributed by atoms with E-state index in [4.69, 9.17) is 21.5 Å². The molecule has 6 nitrogen and oxygen atoms in total. The molecule has 34 heavy (non-hydrogen) atoms. The number of benzene rings is 2. The smallest absolute Gasteiger partial charge is 0.233 e. The van der Waals surface area contributed by atoms with Gasteiger partial charge in [0.2, 0.25) is 5.88 Å². The molecule has 0 spiro atoms. The van der Waals surface area contributed by atoms with Gasteiger partial charge in [0.25, 0.3) is 0 Å². The second-order valence-electron chi connectivity index (χ2n) is 8.57. The maximum atomic E-state index is 13.4. The molecule has 2 heterocycles. The zero-order valence-corrected chi connectivity index (χ0v) is 20.5. The second kappa shape index (κ2) is 11.4. The highest BCUT2D eigenvalue weighted by atomic mass is 32.1. The summed E-state index contributed by atoms with van der Waals surface area (Å²) >= 11 is 5.76. The van der Waals surface area contributed by atoms with Gasteiger partial charge in [-0.25, -0.2) is 4.39 Å². The highest BCUT2D eigenvalue weighted by Gasteiger charge is 2.29. The van der Waals surface area contributed by atoms with Crippen LogP contribution >= 0.6 is 12.2 Å². The van der Waals surface area contributed by atoms with Gasteiger partial charge in [-0.3, -0.25) is 0 Å². The first-order chi connectivity index (χ1) is 16.6. The van der Waals surface area contributed by atoms with Crippen molar-refractivity contribution in [3.8, 4) is 11.3 Å². The van der Waals surface area contributed by atoms with Crippen LogP contribution in [0.2, 0.25) is 0 Å². The summed E-state index contributed by atoms with van der Waals surface area (Å²) in [4.78, 5) is 4.36. The van der Waals surface area contributed by atoms with E-state index in [-0.39, 0.29) is 5.82 Å². The average Bonchev–Trinajstić information content (AvgIpc) is 3.27. The van der Waals surface area contributed by atoms with Crippen molar-refractivity contribution < 1.29 is 13.7 Å². The molecule has 4 rings (SSSR count). The maximum absolute atomic E-state index is 13.4. The van der Waals surface area contributed by atoms with Crippen molar-refractivity contribution in [1.29, 1.82) is 0 Å². The SMILES string of the molecule is COCCN(Cc1c(-c2ccccc2)noc1N1CCCC[C@H]1C)C(=S)Nc1ccc(F)cc1. The zero-order chi connectivity index (χ0) is 23.9. The predicted octanol–water partition coefficient (Wildman–Crippen LogP) is 5.70. The van der Waals surface area contributed by atoms with Gasteiger partial charge in [-0.15, -0.1) is 0 Å². The number of nitrogens with zero attached hydrogens (tertiary/aromatic N) is 3. The van der Waals surface area contributed by atoms with E-state index < -0.39 is 0 Å². The minimum Gasteiger partial charge on any atom is -0.383 e. The van der Waals surface area contributed by atoms with Gasteiger partial charge < -0.3 is 24.4 Å². The van der Waals surface area contributed by atoms with Crippen LogP contribution in [-0.2, 0) is 11.3 Å². The third-order valence-electron chi connectivity index (χ3n) is 6.18. The van der Waals surface area contributed by atoms with Crippen LogP contribution in [0.1, 0.15) is 31.7 Å². The lowest BCUT2D eigenvalue weighted by molar-refractivity contribution is 0.175. The summed E-state index contributed by atoms with van der Waals surface area (Å²) < 4.78 is 24.7. The molecule has 1 fully saturated rings. The number of thiocarbonyl (C=S) groups is 1. The van der Waals surface area contributed by atoms with Crippen molar-refractivity contribution in [3.63, 3.8) is 0 Å². The molecular formula is C26H31FN4O2S. The third kappa shape index (κ3) is 5.74. The van der Waals surface area contributed by atoms with Gasteiger partial charge in [-0.2, -0.15) is 0 Å². The van der Waals surface area contributed by atoms with Crippen molar-refractivity contribution in [2.75, 3.05) is 37.0 Å². The summed E-state index contributed by atoms with van der Waals surface area (Å²) in [5, 5.41) is 8.26. The summed E-state index contributed by atoms with van der Waals surface area (Å²) in [7, 11) is 1.67. The van der Waals surface area contributed by atoms with Gasteiger partial charge in [-0.1, -0.05) is 35.5 Å². The Morgan fingerprint density at radius 2 is 1.97 bits per heavy atom. The molecule has 3 aromatic rings. The Bertz CT molecular complexity index is 1070. The lowest BCUT2D eigenvalue weighted by Gasteiger charge is -2.34. The quantitative estimate of drug-likeness (QED) is 0.413. The largest absolute Gasteiger partial charge is 0.383 e. The topological polar surface area (TPSA) is 53.8 Å². The number of anilines is 2. The molecule has 0 saturated carbocycles. The molecule has 0 amide bonds. The van der Waals surface area contributed by atoms with Crippen LogP contribution in [0.15, 0.2) is 59.1 Å². The van der Waals surface area contributed by atoms with Gasteiger partial charge in [0.15, 0.2) is 5.11 Å². The van der Waals surface area contributed by atoms with Crippen molar-refractivity contribution >= 4 is 28.9 Å². The van der Waals surface area contributed by atoms with E-state index in [1.54, 1.807) is 19.2 Å². The number of nitrogens with one attached hydrogen (secondary N) is 1. The van der Waals surface area contributed by atoms with E-state index in [9.17, 15) is 4.39 Å². The number of aromatic nitrogens is 1. The van der Waals surface area contributed by atoms with Crippen LogP contribution < -0.4 is 10.2 Å². The number of methoxy groups -OCH3 is 1. The van der Waals surface area contributed by atoms with Crippen LogP contribution in [0.4, 0.5) is 16.0 Å². The normalized spacial score (nSPS) is 15.9. The zero-order valence-electron chi connectivity index (χ0n) is 19.7. The van der Waals surface area contributed by atoms with Crippen LogP contribution in [0.25, 0.3) is 11.3 Å². The number of rotatable bonds is 8. The molecule has 1 aliphatic heterocycles. The Balaban J connectivity index is 1.66. The molecule has 1 saturated heterocycles. The minimum absolute atomic E-state index is 0.287. The number of halogens is 1. The molecule has 0 radical (unpaired) electrons. The monoisotopic (exact) mass is 482 g/mol. The van der Waals surface area contributed by atoms with Gasteiger partial charge in [-0.05, 0) is 62.7 Å². The summed E-state index contributed by atoms with van der Waals surface area (Å²) in [5.41, 5.74) is 3.55. The van der Waals surface area contributed by atoms with Crippen molar-refractivity contribution in [2.24, 2.45) is 0 Å². The fourth-order valence-electron chi connectivity index (χ4n) is 4.27. The third-order valence-corrected chi connectivity index (χ3v) is 6.54. The molecule has 2 aromatic carbocycles. The average molecular weight is 483 g/mol. The summed E-state index contributed by atoms with van der Waals surface area (Å²) in [6, 6.07) is 16.6. The van der Waals surface area contributed by atoms with Gasteiger partial charge in [0, 0.05) is 37.5 Å². The molecule has 1 atom stereocenters. The molecule has 1 aromatic heterocycles. The summed E-state index contributed by atoms with van der Waals surface area (Å²) in [6.45, 7) is 4.76. The molecule has 0 unspecified atom stereocenters. The molecule has 8 heteroatoms. The summed E-state index contributed by atoms with van der Waals surface area (Å²) in [6.07, 6.45) is 3.47. The first kappa shape index (κ1) is 24.2. The van der Waals surface area contributed by atoms with E-state index in [0.29, 0.717) is 30.9 Å². The van der Waals surface area contributed by atoms with E-state index in [0.717, 1.165) is 47.8 Å². The summed E-state index contributed by atoms with van der Waals surface area (Å²) in [5.74, 6) is 0.517. The Kier molecular flexibility index (Phi) is 8.13. The fraction of sp³-hybridized carbons (Fsp3) is 0.385. The molecule has 180 valence electrons. The number of ether oxygens (including phenoxy) is 1. The predicted molar refractivity (Wildman–Crippen MR) is 138 cm³/mol. The fourth-order valence-corrected chi connectivity index (χ4v) is 4.55. The van der Waals surface area contributed by atoms with Gasteiger partial charge in [0.1, 0.15) is 11.5 Å². The lowest BCUT2D eigenvalue weighted by atomic mass is 10.0. The second-order valence-corrected chi connectivity index (χ2v) is 8.96. The maximum Gasteiger partial charge on any atom is 0.233 e. The van der Waals surface area contributed by atoms with E-state index in [2.05, 4.69) is 22.3 Å². The molecular weight excluding hydrogens is 451 g/mol. The van der Waals surface area contributed by atoms with Crippen LogP contribution in [0.3, 0.4) is 0 Å². The van der Waals surface area contributed by atoms with E-state index in [1.165, 1.54) is 18.6 Å². The highest BCUT2D eigenvalue weighted by Crippen LogP contribution is 2.35. The molecule has 0 aliphatic carbocycles. The van der Waals surface area contributed by atoms with E-state index >= 15 is 0 Å². The van der Waals surface area contributed by atoms with Crippen molar-refractivity contribution in [3.05, 3.63) is 66.0 Å². The van der Waals surface area contributed by atoms with Gasteiger partial charge >= 0.3 is 0 Å². The highest BCUT2D eigenvalue weighted by molar-refractivity contribution is 7.80. The Labute approximate surface area is 205 Å². The lowest BCUT2D eigenvalue weighted by Crippen LogP contribution is -2.39. The van der Waals surface area contributed by atoms with Crippen molar-refractivity contribution in [1.82, 2.24) is 10.1 Å².